The highest BCUT2D eigenvalue weighted by molar-refractivity contribution is 5.82. The zero-order valence-corrected chi connectivity index (χ0v) is 10.4. The van der Waals surface area contributed by atoms with Crippen molar-refractivity contribution >= 4 is 5.91 Å². The zero-order valence-electron chi connectivity index (χ0n) is 10.4. The van der Waals surface area contributed by atoms with Crippen molar-refractivity contribution in [3.8, 4) is 0 Å². The van der Waals surface area contributed by atoms with Crippen LogP contribution < -0.4 is 5.32 Å². The molecule has 0 bridgehead atoms. The number of nitrogens with one attached hydrogen (secondary N) is 1. The summed E-state index contributed by atoms with van der Waals surface area (Å²) >= 11 is 0. The van der Waals surface area contributed by atoms with Crippen LogP contribution in [0.4, 0.5) is 0 Å². The van der Waals surface area contributed by atoms with E-state index in [2.05, 4.69) is 10.2 Å². The van der Waals surface area contributed by atoms with Gasteiger partial charge in [-0.1, -0.05) is 0 Å². The Morgan fingerprint density at radius 1 is 1.65 bits per heavy atom. The molecule has 0 aromatic heterocycles. The molecule has 5 nitrogen and oxygen atoms in total. The van der Waals surface area contributed by atoms with E-state index in [1.165, 1.54) is 0 Å². The van der Waals surface area contributed by atoms with Crippen LogP contribution in [0.3, 0.4) is 0 Å². The molecule has 3 unspecified atom stereocenters. The molecule has 2 fully saturated rings. The molecule has 1 amide bonds. The first-order valence-electron chi connectivity index (χ1n) is 6.50. The summed E-state index contributed by atoms with van der Waals surface area (Å²) in [6, 6.07) is 0.271. The molecule has 5 heteroatoms. The van der Waals surface area contributed by atoms with E-state index >= 15 is 0 Å². The Hall–Kier alpha value is -0.650. The summed E-state index contributed by atoms with van der Waals surface area (Å²) in [5.74, 6) is 0.307. The number of amides is 1. The van der Waals surface area contributed by atoms with Crippen LogP contribution in [0.1, 0.15) is 19.8 Å². The molecule has 2 aliphatic heterocycles. The first-order chi connectivity index (χ1) is 8.22. The maximum atomic E-state index is 11.6. The lowest BCUT2D eigenvalue weighted by Gasteiger charge is -2.36. The van der Waals surface area contributed by atoms with E-state index in [1.807, 2.05) is 6.92 Å². The highest BCUT2D eigenvalue weighted by Gasteiger charge is 2.40. The van der Waals surface area contributed by atoms with Crippen molar-refractivity contribution in [3.63, 3.8) is 0 Å². The van der Waals surface area contributed by atoms with Crippen LogP contribution in [-0.2, 0) is 9.53 Å². The van der Waals surface area contributed by atoms with Crippen LogP contribution in [0.15, 0.2) is 0 Å². The third kappa shape index (κ3) is 2.97. The third-order valence-electron chi connectivity index (χ3n) is 3.68. The predicted molar refractivity (Wildman–Crippen MR) is 63.6 cm³/mol. The number of ether oxygens (including phenoxy) is 1. The number of likely N-dealkylation sites (tertiary alicyclic amines) is 1. The number of rotatable bonds is 5. The Morgan fingerprint density at radius 3 is 3.24 bits per heavy atom. The van der Waals surface area contributed by atoms with E-state index in [0.29, 0.717) is 19.8 Å². The van der Waals surface area contributed by atoms with Crippen LogP contribution in [0, 0.1) is 5.92 Å². The Bertz CT molecular complexity index is 272. The standard InChI is InChI=1S/C12H22N2O3/c1-2-17-8-9(15)7-14-5-3-4-10-11(14)6-13-12(10)16/h9-11,15H,2-8H2,1H3,(H,13,16). The van der Waals surface area contributed by atoms with Gasteiger partial charge in [0.05, 0.1) is 18.6 Å². The number of fused-ring (bicyclic) bond motifs is 1. The van der Waals surface area contributed by atoms with Gasteiger partial charge in [-0.2, -0.15) is 0 Å². The number of piperidine rings is 1. The van der Waals surface area contributed by atoms with Crippen molar-refractivity contribution in [1.82, 2.24) is 10.2 Å². The van der Waals surface area contributed by atoms with Crippen molar-refractivity contribution in [2.45, 2.75) is 31.9 Å². The van der Waals surface area contributed by atoms with Gasteiger partial charge in [0.1, 0.15) is 0 Å². The van der Waals surface area contributed by atoms with E-state index in [9.17, 15) is 9.90 Å². The summed E-state index contributed by atoms with van der Waals surface area (Å²) in [5, 5.41) is 12.8. The SMILES string of the molecule is CCOCC(O)CN1CCCC2C(=O)NCC21. The number of nitrogens with zero attached hydrogens (tertiary/aromatic N) is 1. The molecule has 2 rings (SSSR count). The van der Waals surface area contributed by atoms with Crippen LogP contribution in [-0.4, -0.2) is 60.9 Å². The molecule has 2 N–H and O–H groups in total. The van der Waals surface area contributed by atoms with Crippen molar-refractivity contribution in [2.75, 3.05) is 32.8 Å². The third-order valence-corrected chi connectivity index (χ3v) is 3.68. The average Bonchev–Trinajstić information content (AvgIpc) is 2.70. The minimum atomic E-state index is -0.454. The number of β-amino-alcohol motifs (C(OH)–C–C–N with tert-alkyl or cyclic N) is 1. The summed E-state index contributed by atoms with van der Waals surface area (Å²) in [7, 11) is 0. The predicted octanol–water partition coefficient (Wildman–Crippen LogP) is -0.406. The molecule has 98 valence electrons. The largest absolute Gasteiger partial charge is 0.389 e. The Balaban J connectivity index is 1.85. The van der Waals surface area contributed by atoms with Gasteiger partial charge in [-0.05, 0) is 26.3 Å². The number of hydrogen-bond donors (Lipinski definition) is 2. The molecule has 0 spiro atoms. The quantitative estimate of drug-likeness (QED) is 0.688. The Kier molecular flexibility index (Phi) is 4.36. The van der Waals surface area contributed by atoms with Crippen molar-refractivity contribution in [3.05, 3.63) is 0 Å². The van der Waals surface area contributed by atoms with Gasteiger partial charge >= 0.3 is 0 Å². The zero-order chi connectivity index (χ0) is 12.3. The Labute approximate surface area is 102 Å². The molecular weight excluding hydrogens is 220 g/mol. The average molecular weight is 242 g/mol. The van der Waals surface area contributed by atoms with Crippen LogP contribution in [0.5, 0.6) is 0 Å². The van der Waals surface area contributed by atoms with Crippen molar-refractivity contribution in [2.24, 2.45) is 5.92 Å². The second-order valence-corrected chi connectivity index (χ2v) is 4.87. The monoisotopic (exact) mass is 242 g/mol. The lowest BCUT2D eigenvalue weighted by atomic mass is 9.91. The fraction of sp³-hybridized carbons (Fsp3) is 0.917. The summed E-state index contributed by atoms with van der Waals surface area (Å²) in [5.41, 5.74) is 0. The van der Waals surface area contributed by atoms with Crippen molar-refractivity contribution < 1.29 is 14.6 Å². The lowest BCUT2D eigenvalue weighted by Crippen LogP contribution is -2.49. The highest BCUT2D eigenvalue weighted by Crippen LogP contribution is 2.27. The van der Waals surface area contributed by atoms with Gasteiger partial charge in [0, 0.05) is 25.7 Å². The molecule has 17 heavy (non-hydrogen) atoms. The maximum Gasteiger partial charge on any atom is 0.224 e. The van der Waals surface area contributed by atoms with Gasteiger partial charge in [0.25, 0.3) is 0 Å². The minimum absolute atomic E-state index is 0.128. The number of aliphatic hydroxyl groups is 1. The van der Waals surface area contributed by atoms with Gasteiger partial charge in [0.15, 0.2) is 0 Å². The van der Waals surface area contributed by atoms with Gasteiger partial charge in [0.2, 0.25) is 5.91 Å². The first kappa shape index (κ1) is 12.8. The second kappa shape index (κ2) is 5.80. The van der Waals surface area contributed by atoms with Gasteiger partial charge in [-0.15, -0.1) is 0 Å². The molecule has 3 atom stereocenters. The molecule has 0 aliphatic carbocycles. The van der Waals surface area contributed by atoms with Crippen LogP contribution in [0.2, 0.25) is 0 Å². The molecular formula is C12H22N2O3. The van der Waals surface area contributed by atoms with Gasteiger partial charge in [-0.3, -0.25) is 9.69 Å². The molecule has 0 aromatic carbocycles. The summed E-state index contributed by atoms with van der Waals surface area (Å²) < 4.78 is 5.21. The lowest BCUT2D eigenvalue weighted by molar-refractivity contribution is -0.124. The molecule has 2 aliphatic rings. The smallest absolute Gasteiger partial charge is 0.224 e. The summed E-state index contributed by atoms with van der Waals surface area (Å²) in [6.45, 7) is 5.23. The van der Waals surface area contributed by atoms with Gasteiger partial charge < -0.3 is 15.2 Å². The molecule has 0 radical (unpaired) electrons. The number of hydrogen-bond acceptors (Lipinski definition) is 4. The van der Waals surface area contributed by atoms with Crippen molar-refractivity contribution in [1.29, 1.82) is 0 Å². The van der Waals surface area contributed by atoms with Gasteiger partial charge in [-0.25, -0.2) is 0 Å². The summed E-state index contributed by atoms with van der Waals surface area (Å²) in [4.78, 5) is 13.8. The topological polar surface area (TPSA) is 61.8 Å². The van der Waals surface area contributed by atoms with Crippen LogP contribution >= 0.6 is 0 Å². The molecule has 0 aromatic rings. The fourth-order valence-corrected chi connectivity index (χ4v) is 2.84. The number of carbonyl (C=O) groups is 1. The van der Waals surface area contributed by atoms with E-state index in [1.54, 1.807) is 0 Å². The molecule has 0 saturated carbocycles. The minimum Gasteiger partial charge on any atom is -0.389 e. The molecule has 2 saturated heterocycles. The first-order valence-corrected chi connectivity index (χ1v) is 6.50. The van der Waals surface area contributed by atoms with E-state index < -0.39 is 6.10 Å². The fourth-order valence-electron chi connectivity index (χ4n) is 2.84. The van der Waals surface area contributed by atoms with E-state index in [-0.39, 0.29) is 17.9 Å². The maximum absolute atomic E-state index is 11.6. The summed E-state index contributed by atoms with van der Waals surface area (Å²) in [6.07, 6.45) is 1.56. The van der Waals surface area contributed by atoms with E-state index in [4.69, 9.17) is 4.74 Å². The normalized spacial score (nSPS) is 31.1. The highest BCUT2D eigenvalue weighted by atomic mass is 16.5. The molecule has 2 heterocycles. The second-order valence-electron chi connectivity index (χ2n) is 4.87. The Morgan fingerprint density at radius 2 is 2.47 bits per heavy atom. The van der Waals surface area contributed by atoms with Crippen LogP contribution in [0.25, 0.3) is 0 Å². The number of carbonyl (C=O) groups excluding carboxylic acids is 1. The number of aliphatic hydroxyl groups excluding tert-OH is 1. The van der Waals surface area contributed by atoms with E-state index in [0.717, 1.165) is 25.9 Å².